The van der Waals surface area contributed by atoms with Gasteiger partial charge in [-0.2, -0.15) is 9.78 Å². The average Bonchev–Trinajstić information content (AvgIpc) is 3.42. The van der Waals surface area contributed by atoms with Crippen molar-refractivity contribution in [2.75, 3.05) is 7.11 Å². The van der Waals surface area contributed by atoms with E-state index in [2.05, 4.69) is 15.8 Å². The van der Waals surface area contributed by atoms with E-state index in [4.69, 9.17) is 9.53 Å². The lowest BCUT2D eigenvalue weighted by Gasteiger charge is -2.35. The number of hydrogen-bond donors (Lipinski definition) is 1. The van der Waals surface area contributed by atoms with E-state index in [9.17, 15) is 30.7 Å². The summed E-state index contributed by atoms with van der Waals surface area (Å²) < 4.78 is 101. The summed E-state index contributed by atoms with van der Waals surface area (Å²) in [5, 5.41) is 3.64. The number of alkyl halides is 5. The van der Waals surface area contributed by atoms with E-state index >= 15 is 0 Å². The number of nitrogens with two attached hydrogens (primary N) is 1. The molecule has 5 rings (SSSR count). The Labute approximate surface area is 204 Å². The molecule has 0 unspecified atom stereocenters. The summed E-state index contributed by atoms with van der Waals surface area (Å²) in [7, 11) is 1.37. The minimum atomic E-state index is -4.89. The summed E-state index contributed by atoms with van der Waals surface area (Å²) in [4.78, 5) is 12.6. The summed E-state index contributed by atoms with van der Waals surface area (Å²) in [6, 6.07) is 6.46. The number of carbonyl (C=O) groups excluding carboxylic acids is 1. The van der Waals surface area contributed by atoms with Gasteiger partial charge >= 0.3 is 6.30 Å². The van der Waals surface area contributed by atoms with Crippen LogP contribution in [-0.4, -0.2) is 38.6 Å². The lowest BCUT2D eigenvalue weighted by atomic mass is 9.79. The Balaban J connectivity index is 0.00000102. The van der Waals surface area contributed by atoms with E-state index in [1.807, 2.05) is 0 Å². The quantitative estimate of drug-likeness (QED) is 0.289. The van der Waals surface area contributed by atoms with Crippen molar-refractivity contribution in [3.63, 3.8) is 0 Å². The Morgan fingerprint density at radius 3 is 2.41 bits per heavy atom. The molecule has 1 saturated carbocycles. The fourth-order valence-corrected chi connectivity index (χ4v) is 4.14. The number of halogens is 7. The summed E-state index contributed by atoms with van der Waals surface area (Å²) >= 11 is 0. The van der Waals surface area contributed by atoms with Crippen LogP contribution in [0.5, 0.6) is 5.75 Å². The summed E-state index contributed by atoms with van der Waals surface area (Å²) in [5.74, 6) is -5.89. The third kappa shape index (κ3) is 4.95. The number of methoxy groups -OCH3 is 1. The SMILES string of the molecule is COc1ccc(-c2cc(C3CC(F)(F)C3)n(C(F)(F)F)n2)cc1-c1cnc2cc(F)c(F)cn12.NC=O. The first kappa shape index (κ1) is 26.0. The van der Waals surface area contributed by atoms with Crippen molar-refractivity contribution < 1.29 is 40.3 Å². The molecule has 0 radical (unpaired) electrons. The minimum absolute atomic E-state index is 0.0857. The number of rotatable bonds is 4. The van der Waals surface area contributed by atoms with Gasteiger partial charge < -0.3 is 10.5 Å². The molecule has 0 bridgehead atoms. The van der Waals surface area contributed by atoms with Crippen LogP contribution in [0.25, 0.3) is 28.2 Å². The van der Waals surface area contributed by atoms with Gasteiger partial charge in [0.15, 0.2) is 11.6 Å². The van der Waals surface area contributed by atoms with Crippen LogP contribution in [0, 0.1) is 11.6 Å². The van der Waals surface area contributed by atoms with Crippen LogP contribution in [-0.2, 0) is 11.1 Å². The zero-order valence-corrected chi connectivity index (χ0v) is 18.9. The van der Waals surface area contributed by atoms with Crippen molar-refractivity contribution in [1.82, 2.24) is 19.2 Å². The second-order valence-electron chi connectivity index (χ2n) is 8.19. The molecule has 0 spiro atoms. The molecule has 2 N–H and O–H groups in total. The van der Waals surface area contributed by atoms with Gasteiger partial charge in [-0.1, -0.05) is 0 Å². The van der Waals surface area contributed by atoms with Crippen LogP contribution in [0.1, 0.15) is 24.5 Å². The van der Waals surface area contributed by atoms with Crippen molar-refractivity contribution >= 4 is 12.1 Å². The van der Waals surface area contributed by atoms with Crippen molar-refractivity contribution in [3.8, 4) is 28.3 Å². The normalized spacial score (nSPS) is 15.1. The predicted octanol–water partition coefficient (Wildman–Crippen LogP) is 5.24. The number of primary amides is 1. The first-order valence-electron chi connectivity index (χ1n) is 10.6. The van der Waals surface area contributed by atoms with Gasteiger partial charge in [0, 0.05) is 42.1 Å². The molecule has 196 valence electrons. The Kier molecular flexibility index (Phi) is 6.60. The van der Waals surface area contributed by atoms with Gasteiger partial charge in [0.1, 0.15) is 11.4 Å². The van der Waals surface area contributed by atoms with Crippen LogP contribution >= 0.6 is 0 Å². The molecule has 14 heteroatoms. The first-order chi connectivity index (χ1) is 17.4. The zero-order chi connectivity index (χ0) is 27.1. The molecule has 7 nitrogen and oxygen atoms in total. The van der Waals surface area contributed by atoms with Gasteiger partial charge in [-0.15, -0.1) is 13.2 Å². The third-order valence-corrected chi connectivity index (χ3v) is 5.81. The average molecular weight is 529 g/mol. The Morgan fingerprint density at radius 1 is 1.14 bits per heavy atom. The number of ether oxygens (including phenoxy) is 1. The number of carbonyl (C=O) groups is 1. The summed E-state index contributed by atoms with van der Waals surface area (Å²) in [5.41, 5.74) is 4.70. The molecular formula is C23H18F7N5O2. The maximum absolute atomic E-state index is 13.8. The van der Waals surface area contributed by atoms with Gasteiger partial charge in [0.05, 0.1) is 30.4 Å². The maximum Gasteiger partial charge on any atom is 0.504 e. The standard InChI is InChI=1S/C22H15F7N4O.CH3NO/c1-34-19-3-2-11(4-13(19)18-9-30-20-5-14(23)15(24)10-32(18)20)16-6-17(12-7-21(25,26)8-12)33(31-16)22(27,28)29;2-1-3/h2-6,9-10,12H,7-8H2,1H3;1H,(H2,2,3). The molecule has 37 heavy (non-hydrogen) atoms. The lowest BCUT2D eigenvalue weighted by Crippen LogP contribution is -2.36. The van der Waals surface area contributed by atoms with Crippen molar-refractivity contribution in [2.45, 2.75) is 31.0 Å². The van der Waals surface area contributed by atoms with Gasteiger partial charge in [-0.25, -0.2) is 22.5 Å². The smallest absolute Gasteiger partial charge is 0.496 e. The van der Waals surface area contributed by atoms with Gasteiger partial charge in [0.2, 0.25) is 12.3 Å². The largest absolute Gasteiger partial charge is 0.504 e. The number of nitrogens with zero attached hydrogens (tertiary/aromatic N) is 4. The molecule has 1 aliphatic carbocycles. The van der Waals surface area contributed by atoms with E-state index in [1.54, 1.807) is 0 Å². The van der Waals surface area contributed by atoms with E-state index in [1.165, 1.54) is 35.9 Å². The van der Waals surface area contributed by atoms with Gasteiger partial charge in [-0.3, -0.25) is 9.20 Å². The second kappa shape index (κ2) is 9.41. The number of fused-ring (bicyclic) bond motifs is 1. The highest BCUT2D eigenvalue weighted by molar-refractivity contribution is 5.76. The highest BCUT2D eigenvalue weighted by Gasteiger charge is 2.49. The molecular weight excluding hydrogens is 511 g/mol. The fourth-order valence-electron chi connectivity index (χ4n) is 4.14. The predicted molar refractivity (Wildman–Crippen MR) is 117 cm³/mol. The molecule has 1 aliphatic rings. The van der Waals surface area contributed by atoms with E-state index in [-0.39, 0.29) is 33.7 Å². The number of aromatic nitrogens is 4. The maximum atomic E-state index is 13.8. The number of pyridine rings is 1. The van der Waals surface area contributed by atoms with Gasteiger partial charge in [-0.05, 0) is 24.3 Å². The van der Waals surface area contributed by atoms with Crippen molar-refractivity contribution in [1.29, 1.82) is 0 Å². The van der Waals surface area contributed by atoms with Gasteiger partial charge in [0.25, 0.3) is 0 Å². The summed E-state index contributed by atoms with van der Waals surface area (Å²) in [6.45, 7) is 0. The van der Waals surface area contributed by atoms with Crippen LogP contribution in [0.4, 0.5) is 30.7 Å². The minimum Gasteiger partial charge on any atom is -0.496 e. The lowest BCUT2D eigenvalue weighted by molar-refractivity contribution is -0.216. The first-order valence-corrected chi connectivity index (χ1v) is 10.6. The zero-order valence-electron chi connectivity index (χ0n) is 18.9. The molecule has 0 saturated heterocycles. The van der Waals surface area contributed by atoms with Crippen LogP contribution < -0.4 is 10.5 Å². The highest BCUT2D eigenvalue weighted by Crippen LogP contribution is 2.50. The third-order valence-electron chi connectivity index (χ3n) is 5.81. The van der Waals surface area contributed by atoms with Crippen LogP contribution in [0.15, 0.2) is 42.7 Å². The fraction of sp³-hybridized carbons (Fsp3) is 0.261. The molecule has 0 aliphatic heterocycles. The molecule has 1 aromatic carbocycles. The summed E-state index contributed by atoms with van der Waals surface area (Å²) in [6.07, 6.45) is -3.78. The van der Waals surface area contributed by atoms with Crippen LogP contribution in [0.3, 0.4) is 0 Å². The van der Waals surface area contributed by atoms with Crippen LogP contribution in [0.2, 0.25) is 0 Å². The molecule has 3 aromatic heterocycles. The van der Waals surface area contributed by atoms with E-state index < -0.39 is 42.6 Å². The molecule has 0 atom stereocenters. The molecule has 3 heterocycles. The molecule has 4 aromatic rings. The molecule has 1 fully saturated rings. The number of benzene rings is 1. The van der Waals surface area contributed by atoms with Crippen molar-refractivity contribution in [2.24, 2.45) is 5.73 Å². The number of hydrogen-bond acceptors (Lipinski definition) is 4. The monoisotopic (exact) mass is 529 g/mol. The molecule has 1 amide bonds. The Bertz CT molecular complexity index is 1450. The Hall–Kier alpha value is -4.10. The van der Waals surface area contributed by atoms with E-state index in [0.717, 1.165) is 18.3 Å². The topological polar surface area (TPSA) is 87.4 Å². The highest BCUT2D eigenvalue weighted by atomic mass is 19.4. The van der Waals surface area contributed by atoms with Crippen molar-refractivity contribution in [3.05, 3.63) is 60.1 Å². The van der Waals surface area contributed by atoms with E-state index in [0.29, 0.717) is 17.0 Å². The Morgan fingerprint density at radius 2 is 1.81 bits per heavy atom. The number of imidazole rings is 1. The second-order valence-corrected chi connectivity index (χ2v) is 8.19. The number of amides is 1.